The summed E-state index contributed by atoms with van der Waals surface area (Å²) in [6.07, 6.45) is 2.71. The van der Waals surface area contributed by atoms with Crippen LogP contribution < -0.4 is 5.73 Å². The molecule has 1 aliphatic carbocycles. The number of nitrogens with two attached hydrogens (primary N) is 1. The average molecular weight is 170 g/mol. The highest BCUT2D eigenvalue weighted by Crippen LogP contribution is 2.42. The third-order valence-electron chi connectivity index (χ3n) is 3.07. The number of nitrogens with zero attached hydrogens (tertiary/aromatic N) is 1. The van der Waals surface area contributed by atoms with Gasteiger partial charge >= 0.3 is 0 Å². The molecule has 2 unspecified atom stereocenters. The Morgan fingerprint density at radius 2 is 2.17 bits per heavy atom. The van der Waals surface area contributed by atoms with Gasteiger partial charge in [-0.2, -0.15) is 0 Å². The molecule has 1 aliphatic rings. The van der Waals surface area contributed by atoms with Crippen molar-refractivity contribution in [1.82, 2.24) is 4.90 Å². The van der Waals surface area contributed by atoms with Crippen molar-refractivity contribution in [3.63, 3.8) is 0 Å². The first kappa shape index (κ1) is 10.0. The first-order chi connectivity index (χ1) is 5.43. The van der Waals surface area contributed by atoms with Crippen molar-refractivity contribution in [3.8, 4) is 0 Å². The summed E-state index contributed by atoms with van der Waals surface area (Å²) >= 11 is 0. The first-order valence-corrected chi connectivity index (χ1v) is 4.89. The maximum Gasteiger partial charge on any atom is 0.0144 e. The summed E-state index contributed by atoms with van der Waals surface area (Å²) in [6.45, 7) is 7.79. The van der Waals surface area contributed by atoms with Crippen LogP contribution in [0.5, 0.6) is 0 Å². The molecule has 0 saturated heterocycles. The highest BCUT2D eigenvalue weighted by atomic mass is 15.2. The fraction of sp³-hybridized carbons (Fsp3) is 1.00. The molecule has 0 aromatic heterocycles. The van der Waals surface area contributed by atoms with Crippen LogP contribution in [0.25, 0.3) is 0 Å². The van der Waals surface area contributed by atoms with Crippen LogP contribution >= 0.6 is 0 Å². The number of hydrogen-bond acceptors (Lipinski definition) is 2. The predicted molar refractivity (Wildman–Crippen MR) is 53.1 cm³/mol. The van der Waals surface area contributed by atoms with E-state index >= 15 is 0 Å². The second-order valence-corrected chi connectivity index (χ2v) is 4.96. The Hall–Kier alpha value is -0.0800. The molecule has 2 atom stereocenters. The Labute approximate surface area is 76.1 Å². The summed E-state index contributed by atoms with van der Waals surface area (Å²) < 4.78 is 0. The van der Waals surface area contributed by atoms with E-state index in [-0.39, 0.29) is 0 Å². The Morgan fingerprint density at radius 3 is 2.42 bits per heavy atom. The minimum absolute atomic E-state index is 0.298. The van der Waals surface area contributed by atoms with Crippen LogP contribution in [0.3, 0.4) is 0 Å². The standard InChI is InChI=1S/C10H22N2/c1-8(11)7-12(4)9-5-6-10(9,2)3/h8-9H,5-7,11H2,1-4H3. The molecule has 0 radical (unpaired) electrons. The number of hydrogen-bond donors (Lipinski definition) is 1. The van der Waals surface area contributed by atoms with Crippen LogP contribution in [-0.4, -0.2) is 30.6 Å². The van der Waals surface area contributed by atoms with Crippen LogP contribution in [0.1, 0.15) is 33.6 Å². The van der Waals surface area contributed by atoms with E-state index in [0.29, 0.717) is 11.5 Å². The highest BCUT2D eigenvalue weighted by molar-refractivity contribution is 4.95. The summed E-state index contributed by atoms with van der Waals surface area (Å²) in [5.41, 5.74) is 6.27. The van der Waals surface area contributed by atoms with Crippen molar-refractivity contribution < 1.29 is 0 Å². The van der Waals surface area contributed by atoms with Crippen molar-refractivity contribution >= 4 is 0 Å². The molecule has 1 rings (SSSR count). The summed E-state index contributed by atoms with van der Waals surface area (Å²) in [4.78, 5) is 2.41. The lowest BCUT2D eigenvalue weighted by Crippen LogP contribution is -2.53. The predicted octanol–water partition coefficient (Wildman–Crippen LogP) is 1.45. The summed E-state index contributed by atoms with van der Waals surface area (Å²) in [5.74, 6) is 0. The Morgan fingerprint density at radius 1 is 1.58 bits per heavy atom. The number of likely N-dealkylation sites (N-methyl/N-ethyl adjacent to an activating group) is 1. The lowest BCUT2D eigenvalue weighted by Gasteiger charge is -2.49. The van der Waals surface area contributed by atoms with Crippen molar-refractivity contribution in [2.24, 2.45) is 11.1 Å². The van der Waals surface area contributed by atoms with Crippen LogP contribution in [-0.2, 0) is 0 Å². The van der Waals surface area contributed by atoms with E-state index in [1.807, 2.05) is 0 Å². The van der Waals surface area contributed by atoms with E-state index in [0.717, 1.165) is 12.6 Å². The summed E-state index contributed by atoms with van der Waals surface area (Å²) in [5, 5.41) is 0. The topological polar surface area (TPSA) is 29.3 Å². The maximum atomic E-state index is 5.76. The van der Waals surface area contributed by atoms with E-state index in [9.17, 15) is 0 Å². The molecule has 2 N–H and O–H groups in total. The maximum absolute atomic E-state index is 5.76. The van der Waals surface area contributed by atoms with Crippen molar-refractivity contribution in [1.29, 1.82) is 0 Å². The van der Waals surface area contributed by atoms with E-state index in [1.165, 1.54) is 12.8 Å². The van der Waals surface area contributed by atoms with E-state index < -0.39 is 0 Å². The fourth-order valence-electron chi connectivity index (χ4n) is 2.25. The van der Waals surface area contributed by atoms with Gasteiger partial charge in [0.05, 0.1) is 0 Å². The van der Waals surface area contributed by atoms with Gasteiger partial charge in [0.1, 0.15) is 0 Å². The molecule has 0 aromatic rings. The van der Waals surface area contributed by atoms with Gasteiger partial charge in [-0.15, -0.1) is 0 Å². The van der Waals surface area contributed by atoms with Crippen LogP contribution in [0, 0.1) is 5.41 Å². The molecular weight excluding hydrogens is 148 g/mol. The van der Waals surface area contributed by atoms with Gasteiger partial charge in [-0.05, 0) is 32.2 Å². The van der Waals surface area contributed by atoms with Crippen molar-refractivity contribution in [2.45, 2.75) is 45.7 Å². The Kier molecular flexibility index (Phi) is 2.79. The molecule has 0 aliphatic heterocycles. The molecular formula is C10H22N2. The average Bonchev–Trinajstić information content (AvgIpc) is 1.83. The van der Waals surface area contributed by atoms with Gasteiger partial charge < -0.3 is 10.6 Å². The van der Waals surface area contributed by atoms with Gasteiger partial charge in [-0.25, -0.2) is 0 Å². The van der Waals surface area contributed by atoms with Crippen LogP contribution in [0.2, 0.25) is 0 Å². The second kappa shape index (κ2) is 3.35. The van der Waals surface area contributed by atoms with Gasteiger partial charge in [-0.1, -0.05) is 13.8 Å². The Balaban J connectivity index is 2.38. The van der Waals surface area contributed by atoms with Crippen LogP contribution in [0.4, 0.5) is 0 Å². The molecule has 0 bridgehead atoms. The zero-order valence-electron chi connectivity index (χ0n) is 8.80. The SMILES string of the molecule is CC(N)CN(C)C1CCC1(C)C. The molecule has 0 spiro atoms. The molecule has 0 aromatic carbocycles. The highest BCUT2D eigenvalue weighted by Gasteiger charge is 2.40. The Bertz CT molecular complexity index is 152. The third-order valence-corrected chi connectivity index (χ3v) is 3.07. The third kappa shape index (κ3) is 1.99. The van der Waals surface area contributed by atoms with E-state index in [4.69, 9.17) is 5.73 Å². The molecule has 2 nitrogen and oxygen atoms in total. The van der Waals surface area contributed by atoms with Gasteiger partial charge in [0.15, 0.2) is 0 Å². The van der Waals surface area contributed by atoms with Crippen LogP contribution in [0.15, 0.2) is 0 Å². The minimum Gasteiger partial charge on any atom is -0.327 e. The minimum atomic E-state index is 0.298. The largest absolute Gasteiger partial charge is 0.327 e. The van der Waals surface area contributed by atoms with Crippen molar-refractivity contribution in [2.75, 3.05) is 13.6 Å². The van der Waals surface area contributed by atoms with Gasteiger partial charge in [0, 0.05) is 18.6 Å². The van der Waals surface area contributed by atoms with Gasteiger partial charge in [0.25, 0.3) is 0 Å². The molecule has 2 heteroatoms. The molecule has 1 saturated carbocycles. The molecule has 12 heavy (non-hydrogen) atoms. The lowest BCUT2D eigenvalue weighted by molar-refractivity contribution is 0.0140. The second-order valence-electron chi connectivity index (χ2n) is 4.96. The fourth-order valence-corrected chi connectivity index (χ4v) is 2.25. The normalized spacial score (nSPS) is 30.0. The van der Waals surface area contributed by atoms with E-state index in [2.05, 4.69) is 32.7 Å². The molecule has 0 amide bonds. The van der Waals surface area contributed by atoms with Crippen molar-refractivity contribution in [3.05, 3.63) is 0 Å². The summed E-state index contributed by atoms with van der Waals surface area (Å²) in [6, 6.07) is 1.05. The molecule has 72 valence electrons. The monoisotopic (exact) mass is 170 g/mol. The number of rotatable bonds is 3. The zero-order chi connectivity index (χ0) is 9.35. The molecule has 1 fully saturated rings. The quantitative estimate of drug-likeness (QED) is 0.694. The zero-order valence-corrected chi connectivity index (χ0v) is 8.80. The smallest absolute Gasteiger partial charge is 0.0144 e. The van der Waals surface area contributed by atoms with Gasteiger partial charge in [0.2, 0.25) is 0 Å². The summed E-state index contributed by atoms with van der Waals surface area (Å²) in [7, 11) is 2.19. The van der Waals surface area contributed by atoms with E-state index in [1.54, 1.807) is 0 Å². The van der Waals surface area contributed by atoms with Gasteiger partial charge in [-0.3, -0.25) is 0 Å². The molecule has 0 heterocycles. The first-order valence-electron chi connectivity index (χ1n) is 4.89. The lowest BCUT2D eigenvalue weighted by atomic mass is 9.66.